The molecule has 0 aliphatic heterocycles. The van der Waals surface area contributed by atoms with Crippen molar-refractivity contribution in [1.82, 2.24) is 5.16 Å². The Morgan fingerprint density at radius 1 is 1.50 bits per heavy atom. The molecule has 2 aromatic rings. The fourth-order valence-corrected chi connectivity index (χ4v) is 1.17. The number of halogens is 1. The van der Waals surface area contributed by atoms with Crippen LogP contribution < -0.4 is 5.73 Å². The van der Waals surface area contributed by atoms with Gasteiger partial charge in [0.2, 0.25) is 0 Å². The van der Waals surface area contributed by atoms with Crippen molar-refractivity contribution in [3.8, 4) is 0 Å². The van der Waals surface area contributed by atoms with E-state index in [0.29, 0.717) is 5.58 Å². The first-order valence-corrected chi connectivity index (χ1v) is 3.49. The first kappa shape index (κ1) is 7.09. The molecule has 2 rings (SSSR count). The van der Waals surface area contributed by atoms with E-state index in [1.165, 1.54) is 6.07 Å². The van der Waals surface area contributed by atoms with Gasteiger partial charge in [-0.2, -0.15) is 0 Å². The third-order valence-electron chi connectivity index (χ3n) is 1.70. The average Bonchev–Trinajstić information content (AvgIpc) is 2.31. The summed E-state index contributed by atoms with van der Waals surface area (Å²) in [7, 11) is 0. The normalized spacial score (nSPS) is 10.8. The van der Waals surface area contributed by atoms with Crippen LogP contribution in [0.25, 0.3) is 11.0 Å². The Kier molecular flexibility index (Phi) is 1.30. The Balaban J connectivity index is 2.93. The van der Waals surface area contributed by atoms with Crippen LogP contribution in [0.4, 0.5) is 10.2 Å². The highest BCUT2D eigenvalue weighted by molar-refractivity contribution is 5.87. The minimum Gasteiger partial charge on any atom is -0.380 e. The monoisotopic (exact) mass is 166 g/mol. The maximum Gasteiger partial charge on any atom is 0.177 e. The zero-order valence-electron chi connectivity index (χ0n) is 6.47. The van der Waals surface area contributed by atoms with E-state index in [4.69, 9.17) is 10.3 Å². The first-order chi connectivity index (χ1) is 5.68. The Bertz CT molecular complexity index is 436. The van der Waals surface area contributed by atoms with Crippen molar-refractivity contribution in [2.75, 3.05) is 5.73 Å². The number of aromatic nitrogens is 1. The molecule has 1 aromatic carbocycles. The largest absolute Gasteiger partial charge is 0.380 e. The quantitative estimate of drug-likeness (QED) is 0.649. The third-order valence-corrected chi connectivity index (χ3v) is 1.70. The maximum absolute atomic E-state index is 13.2. The topological polar surface area (TPSA) is 52.0 Å². The highest BCUT2D eigenvalue weighted by Gasteiger charge is 2.10. The Hall–Kier alpha value is -1.58. The number of fused-ring (bicyclic) bond motifs is 1. The standard InChI is InChI=1S/C8H7FN2O/c1-4-2-5(9)7-6(3-4)12-11-8(7)10/h2-3H,1H3,(H2,10,11). The van der Waals surface area contributed by atoms with Gasteiger partial charge in [-0.3, -0.25) is 0 Å². The fraction of sp³-hybridized carbons (Fsp3) is 0.125. The van der Waals surface area contributed by atoms with Crippen LogP contribution in [-0.4, -0.2) is 5.16 Å². The Labute approximate surface area is 67.9 Å². The lowest BCUT2D eigenvalue weighted by molar-refractivity contribution is 0.460. The molecule has 0 saturated carbocycles. The summed E-state index contributed by atoms with van der Waals surface area (Å²) in [5, 5.41) is 3.72. The van der Waals surface area contributed by atoms with Gasteiger partial charge < -0.3 is 10.3 Å². The molecule has 4 heteroatoms. The van der Waals surface area contributed by atoms with E-state index in [-0.39, 0.29) is 17.0 Å². The van der Waals surface area contributed by atoms with Gasteiger partial charge in [0, 0.05) is 0 Å². The molecule has 3 nitrogen and oxygen atoms in total. The summed E-state index contributed by atoms with van der Waals surface area (Å²) in [5.41, 5.74) is 6.56. The molecular formula is C8H7FN2O. The number of benzene rings is 1. The molecule has 0 atom stereocenters. The molecular weight excluding hydrogens is 159 g/mol. The molecule has 12 heavy (non-hydrogen) atoms. The van der Waals surface area contributed by atoms with Gasteiger partial charge in [-0.15, -0.1) is 0 Å². The van der Waals surface area contributed by atoms with Crippen LogP contribution in [0.15, 0.2) is 16.7 Å². The Morgan fingerprint density at radius 3 is 3.00 bits per heavy atom. The lowest BCUT2D eigenvalue weighted by Crippen LogP contribution is -1.86. The molecule has 0 aliphatic carbocycles. The molecule has 0 aliphatic rings. The van der Waals surface area contributed by atoms with Crippen molar-refractivity contribution in [2.24, 2.45) is 0 Å². The maximum atomic E-state index is 13.2. The van der Waals surface area contributed by atoms with E-state index in [1.807, 2.05) is 0 Å². The number of aryl methyl sites for hydroxylation is 1. The summed E-state index contributed by atoms with van der Waals surface area (Å²) in [5.74, 6) is -0.286. The van der Waals surface area contributed by atoms with Crippen LogP contribution in [0.5, 0.6) is 0 Å². The highest BCUT2D eigenvalue weighted by Crippen LogP contribution is 2.24. The number of hydrogen-bond donors (Lipinski definition) is 1. The van der Waals surface area contributed by atoms with Gasteiger partial charge in [0.1, 0.15) is 11.2 Å². The molecule has 0 fully saturated rings. The smallest absolute Gasteiger partial charge is 0.177 e. The summed E-state index contributed by atoms with van der Waals surface area (Å²) >= 11 is 0. The van der Waals surface area contributed by atoms with Gasteiger partial charge >= 0.3 is 0 Å². The zero-order chi connectivity index (χ0) is 8.72. The van der Waals surface area contributed by atoms with Gasteiger partial charge in [-0.1, -0.05) is 5.16 Å². The van der Waals surface area contributed by atoms with Crippen molar-refractivity contribution < 1.29 is 8.91 Å². The van der Waals surface area contributed by atoms with Crippen LogP contribution >= 0.6 is 0 Å². The van der Waals surface area contributed by atoms with E-state index < -0.39 is 0 Å². The minimum atomic E-state index is -0.385. The van der Waals surface area contributed by atoms with Crippen molar-refractivity contribution in [3.05, 3.63) is 23.5 Å². The predicted octanol–water partition coefficient (Wildman–Crippen LogP) is 1.86. The minimum absolute atomic E-state index is 0.0995. The molecule has 0 bridgehead atoms. The van der Waals surface area contributed by atoms with Crippen LogP contribution in [0, 0.1) is 12.7 Å². The fourth-order valence-electron chi connectivity index (χ4n) is 1.17. The molecule has 0 unspecified atom stereocenters. The van der Waals surface area contributed by atoms with Crippen LogP contribution in [0.2, 0.25) is 0 Å². The van der Waals surface area contributed by atoms with Crippen LogP contribution in [0.1, 0.15) is 5.56 Å². The van der Waals surface area contributed by atoms with E-state index in [2.05, 4.69) is 5.16 Å². The van der Waals surface area contributed by atoms with Crippen LogP contribution in [0.3, 0.4) is 0 Å². The van der Waals surface area contributed by atoms with E-state index in [1.54, 1.807) is 13.0 Å². The van der Waals surface area contributed by atoms with Gasteiger partial charge in [0.05, 0.1) is 0 Å². The average molecular weight is 166 g/mol. The van der Waals surface area contributed by atoms with Crippen molar-refractivity contribution in [3.63, 3.8) is 0 Å². The molecule has 62 valence electrons. The van der Waals surface area contributed by atoms with Crippen molar-refractivity contribution in [1.29, 1.82) is 0 Å². The summed E-state index contributed by atoms with van der Waals surface area (Å²) in [4.78, 5) is 0. The molecule has 1 heterocycles. The number of anilines is 1. The molecule has 0 radical (unpaired) electrons. The Morgan fingerprint density at radius 2 is 2.25 bits per heavy atom. The van der Waals surface area contributed by atoms with Gasteiger partial charge in [0.25, 0.3) is 0 Å². The van der Waals surface area contributed by atoms with Crippen molar-refractivity contribution in [2.45, 2.75) is 6.92 Å². The molecule has 2 N–H and O–H groups in total. The highest BCUT2D eigenvalue weighted by atomic mass is 19.1. The van der Waals surface area contributed by atoms with E-state index in [0.717, 1.165) is 5.56 Å². The second-order valence-electron chi connectivity index (χ2n) is 2.69. The summed E-state index contributed by atoms with van der Waals surface area (Å²) < 4.78 is 18.0. The van der Waals surface area contributed by atoms with Gasteiger partial charge in [-0.25, -0.2) is 4.39 Å². The number of nitrogen functional groups attached to an aromatic ring is 1. The number of nitrogens with zero attached hydrogens (tertiary/aromatic N) is 1. The van der Waals surface area contributed by atoms with Crippen LogP contribution in [-0.2, 0) is 0 Å². The van der Waals surface area contributed by atoms with Crippen molar-refractivity contribution >= 4 is 16.8 Å². The zero-order valence-corrected chi connectivity index (χ0v) is 6.47. The van der Waals surface area contributed by atoms with Gasteiger partial charge in [0.15, 0.2) is 11.4 Å². The second kappa shape index (κ2) is 2.20. The lowest BCUT2D eigenvalue weighted by atomic mass is 10.2. The lowest BCUT2D eigenvalue weighted by Gasteiger charge is -1.93. The van der Waals surface area contributed by atoms with Gasteiger partial charge in [-0.05, 0) is 24.6 Å². The van der Waals surface area contributed by atoms with E-state index in [9.17, 15) is 4.39 Å². The third kappa shape index (κ3) is 0.845. The second-order valence-corrected chi connectivity index (χ2v) is 2.69. The predicted molar refractivity (Wildman–Crippen MR) is 43.1 cm³/mol. The SMILES string of the molecule is Cc1cc(F)c2c(N)noc2c1. The summed E-state index contributed by atoms with van der Waals surface area (Å²) in [6.07, 6.45) is 0. The number of hydrogen-bond acceptors (Lipinski definition) is 3. The molecule has 0 amide bonds. The summed E-state index contributed by atoms with van der Waals surface area (Å²) in [6, 6.07) is 3.09. The molecule has 0 saturated heterocycles. The number of nitrogens with two attached hydrogens (primary N) is 1. The summed E-state index contributed by atoms with van der Waals surface area (Å²) in [6.45, 7) is 1.78. The van der Waals surface area contributed by atoms with E-state index >= 15 is 0 Å². The molecule has 1 aromatic heterocycles. The molecule has 0 spiro atoms. The number of rotatable bonds is 0. The first-order valence-electron chi connectivity index (χ1n) is 3.49.